The van der Waals surface area contributed by atoms with Gasteiger partial charge in [-0.3, -0.25) is 0 Å². The van der Waals surface area contributed by atoms with Gasteiger partial charge in [0.1, 0.15) is 0 Å². The molecule has 2 rings (SSSR count). The highest BCUT2D eigenvalue weighted by atomic mass is 32.2. The van der Waals surface area contributed by atoms with Crippen molar-refractivity contribution in [1.29, 1.82) is 0 Å². The summed E-state index contributed by atoms with van der Waals surface area (Å²) in [5.74, 6) is 0. The lowest BCUT2D eigenvalue weighted by Crippen LogP contribution is -2.49. The van der Waals surface area contributed by atoms with Crippen molar-refractivity contribution in [2.24, 2.45) is 5.41 Å². The number of aryl methyl sites for hydroxylation is 1. The maximum Gasteiger partial charge on any atom is 0.243 e. The van der Waals surface area contributed by atoms with Gasteiger partial charge in [0.15, 0.2) is 6.29 Å². The predicted molar refractivity (Wildman–Crippen MR) is 84.9 cm³/mol. The van der Waals surface area contributed by atoms with E-state index >= 15 is 0 Å². The van der Waals surface area contributed by atoms with Crippen LogP contribution in [0.4, 0.5) is 0 Å². The van der Waals surface area contributed by atoms with E-state index in [1.807, 2.05) is 27.7 Å². The molecule has 0 amide bonds. The molecule has 0 bridgehead atoms. The second-order valence-electron chi connectivity index (χ2n) is 6.89. The van der Waals surface area contributed by atoms with Crippen molar-refractivity contribution in [3.8, 4) is 0 Å². The Morgan fingerprint density at radius 1 is 1.23 bits per heavy atom. The van der Waals surface area contributed by atoms with Gasteiger partial charge in [0.2, 0.25) is 10.0 Å². The van der Waals surface area contributed by atoms with Crippen molar-refractivity contribution in [2.45, 2.75) is 51.3 Å². The molecule has 0 aromatic heterocycles. The van der Waals surface area contributed by atoms with Crippen LogP contribution in [0.3, 0.4) is 0 Å². The first kappa shape index (κ1) is 17.4. The lowest BCUT2D eigenvalue weighted by molar-refractivity contribution is -0.103. The van der Waals surface area contributed by atoms with E-state index in [0.717, 1.165) is 5.56 Å². The van der Waals surface area contributed by atoms with E-state index in [-0.39, 0.29) is 35.9 Å². The monoisotopic (exact) mass is 327 g/mol. The van der Waals surface area contributed by atoms with Crippen LogP contribution in [0.5, 0.6) is 0 Å². The molecule has 5 nitrogen and oxygen atoms in total. The minimum Gasteiger partial charge on any atom is -0.368 e. The molecule has 1 unspecified atom stereocenters. The Hall–Kier alpha value is -0.950. The van der Waals surface area contributed by atoms with E-state index in [4.69, 9.17) is 4.74 Å². The van der Waals surface area contributed by atoms with Crippen LogP contribution < -0.4 is 0 Å². The first-order valence-electron chi connectivity index (χ1n) is 7.50. The lowest BCUT2D eigenvalue weighted by Gasteiger charge is -2.37. The van der Waals surface area contributed by atoms with Gasteiger partial charge in [-0.25, -0.2) is 8.42 Å². The van der Waals surface area contributed by atoms with Crippen LogP contribution >= 0.6 is 0 Å². The van der Waals surface area contributed by atoms with Crippen LogP contribution in [0.25, 0.3) is 0 Å². The summed E-state index contributed by atoms with van der Waals surface area (Å²) in [7, 11) is -3.62. The van der Waals surface area contributed by atoms with Crippen LogP contribution in [0.2, 0.25) is 0 Å². The molecule has 6 heteroatoms. The lowest BCUT2D eigenvalue weighted by atomic mass is 9.87. The molecule has 22 heavy (non-hydrogen) atoms. The standard InChI is InChI=1S/C16H25NO4S/c1-12-5-7-13(8-6-12)22(19,20)17-10-9-15(18)21-11-14(17)16(2,3)4/h5-8,14-15,18H,9-11H2,1-4H3/t14-,15?/m1/s1. The molecule has 1 aliphatic heterocycles. The maximum atomic E-state index is 13.0. The van der Waals surface area contributed by atoms with Gasteiger partial charge in [0.25, 0.3) is 0 Å². The number of rotatable bonds is 2. The number of nitrogens with zero attached hydrogens (tertiary/aromatic N) is 1. The zero-order valence-electron chi connectivity index (χ0n) is 13.6. The van der Waals surface area contributed by atoms with Crippen molar-refractivity contribution in [1.82, 2.24) is 4.31 Å². The molecule has 1 aromatic rings. The normalized spacial score (nSPS) is 25.0. The van der Waals surface area contributed by atoms with Crippen LogP contribution in [0.1, 0.15) is 32.8 Å². The summed E-state index contributed by atoms with van der Waals surface area (Å²) in [5.41, 5.74) is 0.725. The molecule has 1 heterocycles. The van der Waals surface area contributed by atoms with E-state index in [2.05, 4.69) is 0 Å². The van der Waals surface area contributed by atoms with Gasteiger partial charge in [-0.15, -0.1) is 0 Å². The molecule has 1 aliphatic rings. The van der Waals surface area contributed by atoms with Crippen LogP contribution in [-0.2, 0) is 14.8 Å². The molecule has 1 saturated heterocycles. The van der Waals surface area contributed by atoms with E-state index in [1.165, 1.54) is 4.31 Å². The number of aliphatic hydroxyl groups is 1. The summed E-state index contributed by atoms with van der Waals surface area (Å²) in [4.78, 5) is 0.281. The highest BCUT2D eigenvalue weighted by molar-refractivity contribution is 7.89. The second-order valence-corrected chi connectivity index (χ2v) is 8.78. The fraction of sp³-hybridized carbons (Fsp3) is 0.625. The van der Waals surface area contributed by atoms with Gasteiger partial charge in [-0.05, 0) is 24.5 Å². The molecule has 0 aliphatic carbocycles. The summed E-state index contributed by atoms with van der Waals surface area (Å²) in [5, 5.41) is 9.72. The Balaban J connectivity index is 2.42. The number of aliphatic hydroxyl groups excluding tert-OH is 1. The fourth-order valence-corrected chi connectivity index (χ4v) is 4.39. The number of hydrogen-bond donors (Lipinski definition) is 1. The Kier molecular flexibility index (Phi) is 4.96. The van der Waals surface area contributed by atoms with Gasteiger partial charge < -0.3 is 9.84 Å². The first-order valence-corrected chi connectivity index (χ1v) is 8.94. The summed E-state index contributed by atoms with van der Waals surface area (Å²) >= 11 is 0. The topological polar surface area (TPSA) is 66.8 Å². The second kappa shape index (κ2) is 6.28. The average molecular weight is 327 g/mol. The van der Waals surface area contributed by atoms with E-state index in [0.29, 0.717) is 0 Å². The van der Waals surface area contributed by atoms with Gasteiger partial charge in [0.05, 0.1) is 17.5 Å². The van der Waals surface area contributed by atoms with Crippen molar-refractivity contribution in [3.63, 3.8) is 0 Å². The summed E-state index contributed by atoms with van der Waals surface area (Å²) in [6.45, 7) is 8.31. The number of hydrogen-bond acceptors (Lipinski definition) is 4. The highest BCUT2D eigenvalue weighted by Crippen LogP contribution is 2.31. The van der Waals surface area contributed by atoms with Crippen molar-refractivity contribution < 1.29 is 18.3 Å². The zero-order valence-corrected chi connectivity index (χ0v) is 14.4. The Morgan fingerprint density at radius 2 is 1.82 bits per heavy atom. The van der Waals surface area contributed by atoms with E-state index < -0.39 is 16.3 Å². The van der Waals surface area contributed by atoms with Crippen molar-refractivity contribution in [2.75, 3.05) is 13.2 Å². The molecule has 0 spiro atoms. The molecule has 124 valence electrons. The van der Waals surface area contributed by atoms with E-state index in [1.54, 1.807) is 24.3 Å². The predicted octanol–water partition coefficient (Wildman–Crippen LogP) is 2.14. The summed E-state index contributed by atoms with van der Waals surface area (Å²) in [6, 6.07) is 6.53. The number of sulfonamides is 1. The van der Waals surface area contributed by atoms with Gasteiger partial charge in [-0.1, -0.05) is 38.5 Å². The molecule has 0 radical (unpaired) electrons. The Labute approximate surface area is 133 Å². The van der Waals surface area contributed by atoms with Gasteiger partial charge >= 0.3 is 0 Å². The molecule has 1 N–H and O–H groups in total. The SMILES string of the molecule is Cc1ccc(S(=O)(=O)N2CCC(O)OC[C@@H]2C(C)(C)C)cc1. The zero-order chi connectivity index (χ0) is 16.5. The third-order valence-electron chi connectivity index (χ3n) is 4.02. The molecule has 0 saturated carbocycles. The van der Waals surface area contributed by atoms with Gasteiger partial charge in [-0.2, -0.15) is 4.31 Å². The first-order chi connectivity index (χ1) is 10.1. The maximum absolute atomic E-state index is 13.0. The molecular weight excluding hydrogens is 302 g/mol. The number of ether oxygens (including phenoxy) is 1. The van der Waals surface area contributed by atoms with Crippen molar-refractivity contribution in [3.05, 3.63) is 29.8 Å². The minimum absolute atomic E-state index is 0.190. The summed E-state index contributed by atoms with van der Waals surface area (Å²) in [6.07, 6.45) is -0.638. The fourth-order valence-electron chi connectivity index (χ4n) is 2.58. The Bertz CT molecular complexity index is 604. The third-order valence-corrected chi connectivity index (χ3v) is 5.94. The van der Waals surface area contributed by atoms with Crippen LogP contribution in [0, 0.1) is 12.3 Å². The number of benzene rings is 1. The highest BCUT2D eigenvalue weighted by Gasteiger charge is 2.40. The molecule has 2 atom stereocenters. The largest absolute Gasteiger partial charge is 0.368 e. The van der Waals surface area contributed by atoms with Crippen LogP contribution in [0.15, 0.2) is 29.2 Å². The minimum atomic E-state index is -3.62. The average Bonchev–Trinajstić information content (AvgIpc) is 2.61. The van der Waals surface area contributed by atoms with Crippen molar-refractivity contribution >= 4 is 10.0 Å². The Morgan fingerprint density at radius 3 is 2.36 bits per heavy atom. The molecular formula is C16H25NO4S. The van der Waals surface area contributed by atoms with Crippen LogP contribution in [-0.4, -0.2) is 43.3 Å². The third kappa shape index (κ3) is 3.68. The van der Waals surface area contributed by atoms with Gasteiger partial charge in [0, 0.05) is 13.0 Å². The molecule has 1 aromatic carbocycles. The quantitative estimate of drug-likeness (QED) is 0.904. The van der Waals surface area contributed by atoms with E-state index in [9.17, 15) is 13.5 Å². The molecule has 1 fully saturated rings. The smallest absolute Gasteiger partial charge is 0.243 e. The summed E-state index contributed by atoms with van der Waals surface area (Å²) < 4.78 is 32.9.